The predicted molar refractivity (Wildman–Crippen MR) is 70.7 cm³/mol. The molecule has 0 radical (unpaired) electrons. The fourth-order valence-electron chi connectivity index (χ4n) is 1.89. The van der Waals surface area contributed by atoms with E-state index in [9.17, 15) is 4.79 Å². The molecular weight excluding hydrogens is 242 g/mol. The van der Waals surface area contributed by atoms with E-state index in [4.69, 9.17) is 9.78 Å². The number of hydrogen-bond acceptors (Lipinski definition) is 4. The molecule has 0 bridgehead atoms. The third-order valence-corrected chi connectivity index (χ3v) is 2.81. The fourth-order valence-corrected chi connectivity index (χ4v) is 1.89. The second-order valence-electron chi connectivity index (χ2n) is 5.50. The summed E-state index contributed by atoms with van der Waals surface area (Å²) in [7, 11) is 0. The van der Waals surface area contributed by atoms with E-state index in [1.54, 1.807) is 12.1 Å². The molecule has 5 nitrogen and oxygen atoms in total. The summed E-state index contributed by atoms with van der Waals surface area (Å²) >= 11 is 0. The standard InChI is InChI=1S/C14H15N3O2/c1-8-5-11(19-17-8)10-6-9(7-15)13(18)16-12(10)14(2,3)4/h5-6H,1-4H3,(H,16,18). The average molecular weight is 257 g/mol. The molecule has 0 saturated carbocycles. The van der Waals surface area contributed by atoms with Crippen molar-refractivity contribution in [3.05, 3.63) is 39.4 Å². The molecular formula is C14H15N3O2. The number of aromatic nitrogens is 2. The van der Waals surface area contributed by atoms with Crippen molar-refractivity contribution >= 4 is 0 Å². The van der Waals surface area contributed by atoms with Crippen LogP contribution in [0.15, 0.2) is 21.5 Å². The molecule has 0 aliphatic heterocycles. The van der Waals surface area contributed by atoms with E-state index in [1.807, 2.05) is 33.8 Å². The highest BCUT2D eigenvalue weighted by Crippen LogP contribution is 2.31. The van der Waals surface area contributed by atoms with Crippen LogP contribution in [0.3, 0.4) is 0 Å². The van der Waals surface area contributed by atoms with E-state index in [-0.39, 0.29) is 16.5 Å². The molecule has 2 rings (SSSR count). The van der Waals surface area contributed by atoms with Gasteiger partial charge in [0.25, 0.3) is 5.56 Å². The van der Waals surface area contributed by atoms with Crippen molar-refractivity contribution in [3.63, 3.8) is 0 Å². The van der Waals surface area contributed by atoms with Gasteiger partial charge in [0.2, 0.25) is 0 Å². The van der Waals surface area contributed by atoms with Crippen LogP contribution in [0.2, 0.25) is 0 Å². The number of pyridine rings is 1. The Hall–Kier alpha value is -2.35. The summed E-state index contributed by atoms with van der Waals surface area (Å²) in [6, 6.07) is 5.22. The smallest absolute Gasteiger partial charge is 0.266 e. The van der Waals surface area contributed by atoms with Crippen LogP contribution in [0.4, 0.5) is 0 Å². The molecule has 1 N–H and O–H groups in total. The van der Waals surface area contributed by atoms with Gasteiger partial charge in [0.15, 0.2) is 5.76 Å². The number of nitrogens with one attached hydrogen (secondary N) is 1. The van der Waals surface area contributed by atoms with Gasteiger partial charge in [-0.15, -0.1) is 0 Å². The summed E-state index contributed by atoms with van der Waals surface area (Å²) < 4.78 is 5.24. The molecule has 2 aromatic heterocycles. The maximum absolute atomic E-state index is 11.8. The number of H-pyrrole nitrogens is 1. The zero-order chi connectivity index (χ0) is 14.2. The van der Waals surface area contributed by atoms with Crippen molar-refractivity contribution in [2.24, 2.45) is 0 Å². The van der Waals surface area contributed by atoms with Crippen LogP contribution in [-0.2, 0) is 5.41 Å². The van der Waals surface area contributed by atoms with E-state index in [0.717, 1.165) is 11.4 Å². The molecule has 19 heavy (non-hydrogen) atoms. The topological polar surface area (TPSA) is 82.7 Å². The van der Waals surface area contributed by atoms with Crippen molar-refractivity contribution in [2.75, 3.05) is 0 Å². The Morgan fingerprint density at radius 1 is 1.37 bits per heavy atom. The molecule has 2 aromatic rings. The Morgan fingerprint density at radius 3 is 2.53 bits per heavy atom. The Labute approximate surface area is 110 Å². The second kappa shape index (κ2) is 4.39. The summed E-state index contributed by atoms with van der Waals surface area (Å²) in [5, 5.41) is 12.8. The lowest BCUT2D eigenvalue weighted by Crippen LogP contribution is -2.22. The van der Waals surface area contributed by atoms with Crippen molar-refractivity contribution in [3.8, 4) is 17.4 Å². The van der Waals surface area contributed by atoms with Gasteiger partial charge in [-0.3, -0.25) is 4.79 Å². The lowest BCUT2D eigenvalue weighted by atomic mass is 9.87. The van der Waals surface area contributed by atoms with Gasteiger partial charge in [-0.2, -0.15) is 5.26 Å². The first-order chi connectivity index (χ1) is 8.82. The van der Waals surface area contributed by atoms with Crippen LogP contribution in [-0.4, -0.2) is 10.1 Å². The first kappa shape index (κ1) is 13.1. The van der Waals surface area contributed by atoms with Crippen LogP contribution in [0.25, 0.3) is 11.3 Å². The SMILES string of the molecule is Cc1cc(-c2cc(C#N)c(=O)[nH]c2C(C)(C)C)on1. The summed E-state index contributed by atoms with van der Waals surface area (Å²) in [5.74, 6) is 0.551. The molecule has 5 heteroatoms. The van der Waals surface area contributed by atoms with E-state index in [0.29, 0.717) is 11.3 Å². The summed E-state index contributed by atoms with van der Waals surface area (Å²) in [4.78, 5) is 14.6. The van der Waals surface area contributed by atoms with Gasteiger partial charge in [-0.05, 0) is 13.0 Å². The van der Waals surface area contributed by atoms with E-state index in [1.165, 1.54) is 0 Å². The largest absolute Gasteiger partial charge is 0.356 e. The van der Waals surface area contributed by atoms with Gasteiger partial charge < -0.3 is 9.51 Å². The Balaban J connectivity index is 2.77. The summed E-state index contributed by atoms with van der Waals surface area (Å²) in [5.41, 5.74) is 1.59. The Bertz CT molecular complexity index is 712. The third kappa shape index (κ3) is 2.43. The van der Waals surface area contributed by atoms with Crippen molar-refractivity contribution in [1.82, 2.24) is 10.1 Å². The van der Waals surface area contributed by atoms with Gasteiger partial charge in [0.1, 0.15) is 11.6 Å². The van der Waals surface area contributed by atoms with Gasteiger partial charge in [-0.25, -0.2) is 0 Å². The van der Waals surface area contributed by atoms with E-state index >= 15 is 0 Å². The highest BCUT2D eigenvalue weighted by Gasteiger charge is 2.23. The molecule has 0 unspecified atom stereocenters. The number of hydrogen-bond donors (Lipinski definition) is 1. The van der Waals surface area contributed by atoms with E-state index < -0.39 is 0 Å². The molecule has 2 heterocycles. The highest BCUT2D eigenvalue weighted by atomic mass is 16.5. The zero-order valence-corrected chi connectivity index (χ0v) is 11.4. The lowest BCUT2D eigenvalue weighted by Gasteiger charge is -2.21. The molecule has 0 saturated heterocycles. The first-order valence-corrected chi connectivity index (χ1v) is 5.94. The number of nitrogens with zero attached hydrogens (tertiary/aromatic N) is 2. The Kier molecular flexibility index (Phi) is 3.03. The molecule has 98 valence electrons. The molecule has 0 aliphatic carbocycles. The predicted octanol–water partition coefficient (Wildman–Crippen LogP) is 2.51. The first-order valence-electron chi connectivity index (χ1n) is 5.94. The minimum Gasteiger partial charge on any atom is -0.356 e. The molecule has 0 amide bonds. The quantitative estimate of drug-likeness (QED) is 0.850. The van der Waals surface area contributed by atoms with Crippen molar-refractivity contribution in [2.45, 2.75) is 33.1 Å². The number of rotatable bonds is 1. The van der Waals surface area contributed by atoms with E-state index in [2.05, 4.69) is 10.1 Å². The minimum atomic E-state index is -0.382. The zero-order valence-electron chi connectivity index (χ0n) is 11.4. The molecule has 0 atom stereocenters. The van der Waals surface area contributed by atoms with Crippen LogP contribution in [0, 0.1) is 18.3 Å². The maximum atomic E-state index is 11.8. The maximum Gasteiger partial charge on any atom is 0.266 e. The summed E-state index contributed by atoms with van der Waals surface area (Å²) in [6.07, 6.45) is 0. The highest BCUT2D eigenvalue weighted by molar-refractivity contribution is 5.63. The van der Waals surface area contributed by atoms with Gasteiger partial charge in [0.05, 0.1) is 5.69 Å². The molecule has 0 aliphatic rings. The minimum absolute atomic E-state index is 0.0667. The van der Waals surface area contributed by atoms with Crippen LogP contribution in [0.5, 0.6) is 0 Å². The van der Waals surface area contributed by atoms with Crippen molar-refractivity contribution in [1.29, 1.82) is 5.26 Å². The van der Waals surface area contributed by atoms with Gasteiger partial charge >= 0.3 is 0 Å². The monoisotopic (exact) mass is 257 g/mol. The van der Waals surface area contributed by atoms with Gasteiger partial charge in [0, 0.05) is 22.7 Å². The lowest BCUT2D eigenvalue weighted by molar-refractivity contribution is 0.425. The third-order valence-electron chi connectivity index (χ3n) is 2.81. The summed E-state index contributed by atoms with van der Waals surface area (Å²) in [6.45, 7) is 7.77. The normalized spacial score (nSPS) is 11.3. The molecule has 0 spiro atoms. The molecule has 0 fully saturated rings. The number of aromatic amines is 1. The van der Waals surface area contributed by atoms with Crippen LogP contribution in [0.1, 0.15) is 37.7 Å². The average Bonchev–Trinajstić information content (AvgIpc) is 2.74. The Morgan fingerprint density at radius 2 is 2.05 bits per heavy atom. The van der Waals surface area contributed by atoms with Crippen molar-refractivity contribution < 1.29 is 4.52 Å². The fraction of sp³-hybridized carbons (Fsp3) is 0.357. The van der Waals surface area contributed by atoms with Gasteiger partial charge in [-0.1, -0.05) is 25.9 Å². The van der Waals surface area contributed by atoms with Crippen LogP contribution >= 0.6 is 0 Å². The molecule has 0 aromatic carbocycles. The van der Waals surface area contributed by atoms with Crippen LogP contribution < -0.4 is 5.56 Å². The number of nitriles is 1. The number of aryl methyl sites for hydroxylation is 1. The second-order valence-corrected chi connectivity index (χ2v) is 5.50.